The average Bonchev–Trinajstić information content (AvgIpc) is 3.01. The van der Waals surface area contributed by atoms with Gasteiger partial charge in [0.15, 0.2) is 5.69 Å². The maximum Gasteiger partial charge on any atom is 0.295 e. The van der Waals surface area contributed by atoms with E-state index in [1.807, 2.05) is 30.3 Å². The van der Waals surface area contributed by atoms with Crippen LogP contribution in [0.2, 0.25) is 0 Å². The Balaban J connectivity index is 1.96. The molecule has 1 aliphatic rings. The molecule has 0 amide bonds. The first-order valence-corrected chi connectivity index (χ1v) is 6.67. The van der Waals surface area contributed by atoms with E-state index in [9.17, 15) is 10.1 Å². The lowest BCUT2D eigenvalue weighted by molar-refractivity contribution is -0.384. The smallest absolute Gasteiger partial charge is 0.295 e. The molecule has 2 aromatic rings. The van der Waals surface area contributed by atoms with Gasteiger partial charge in [-0.15, -0.1) is 0 Å². The van der Waals surface area contributed by atoms with Crippen LogP contribution in [0.15, 0.2) is 42.5 Å². The molecular formula is C14H15N5O2. The molecule has 108 valence electrons. The summed E-state index contributed by atoms with van der Waals surface area (Å²) in [5, 5.41) is 14.4. The van der Waals surface area contributed by atoms with Crippen molar-refractivity contribution in [3.8, 4) is 11.3 Å². The van der Waals surface area contributed by atoms with Crippen LogP contribution in [0.4, 0.5) is 11.5 Å². The molecule has 0 aliphatic carbocycles. The van der Waals surface area contributed by atoms with Crippen molar-refractivity contribution < 1.29 is 4.92 Å². The Morgan fingerprint density at radius 3 is 2.52 bits per heavy atom. The minimum absolute atomic E-state index is 0.00872. The summed E-state index contributed by atoms with van der Waals surface area (Å²) in [5.41, 5.74) is 7.16. The predicted octanol–water partition coefficient (Wildman–Crippen LogP) is 1.55. The monoisotopic (exact) mass is 285 g/mol. The summed E-state index contributed by atoms with van der Waals surface area (Å²) in [4.78, 5) is 15.2. The van der Waals surface area contributed by atoms with Crippen LogP contribution < -0.4 is 16.2 Å². The number of pyridine rings is 1. The molecule has 2 heterocycles. The van der Waals surface area contributed by atoms with Gasteiger partial charge < -0.3 is 5.32 Å². The van der Waals surface area contributed by atoms with Gasteiger partial charge in [0.05, 0.1) is 11.0 Å². The van der Waals surface area contributed by atoms with Crippen LogP contribution in [0.1, 0.15) is 0 Å². The minimum Gasteiger partial charge on any atom is -0.365 e. The Hall–Kier alpha value is -2.51. The number of benzene rings is 1. The normalized spacial score (nSPS) is 15.0. The van der Waals surface area contributed by atoms with Gasteiger partial charge in [-0.1, -0.05) is 30.3 Å². The Kier molecular flexibility index (Phi) is 3.76. The molecule has 1 fully saturated rings. The van der Waals surface area contributed by atoms with E-state index in [1.165, 1.54) is 6.07 Å². The number of nitrogens with zero attached hydrogens (tertiary/aromatic N) is 2. The highest BCUT2D eigenvalue weighted by molar-refractivity contribution is 5.71. The zero-order valence-corrected chi connectivity index (χ0v) is 11.2. The topological polar surface area (TPSA) is 92.1 Å². The number of nitro groups is 1. The van der Waals surface area contributed by atoms with Crippen molar-refractivity contribution in [1.29, 1.82) is 0 Å². The highest BCUT2D eigenvalue weighted by Crippen LogP contribution is 2.29. The summed E-state index contributed by atoms with van der Waals surface area (Å²) in [6.45, 7) is 1.55. The Bertz CT molecular complexity index is 641. The zero-order valence-electron chi connectivity index (χ0n) is 11.2. The van der Waals surface area contributed by atoms with Crippen LogP contribution >= 0.6 is 0 Å². The van der Waals surface area contributed by atoms with E-state index in [0.717, 1.165) is 18.7 Å². The van der Waals surface area contributed by atoms with E-state index in [-0.39, 0.29) is 11.7 Å². The van der Waals surface area contributed by atoms with Crippen molar-refractivity contribution in [2.75, 3.05) is 18.4 Å². The molecule has 0 spiro atoms. The Labute approximate surface area is 121 Å². The van der Waals surface area contributed by atoms with Gasteiger partial charge in [-0.2, -0.15) is 0 Å². The lowest BCUT2D eigenvalue weighted by Crippen LogP contribution is -2.25. The molecule has 0 unspecified atom stereocenters. The number of hydrogen-bond donors (Lipinski definition) is 3. The predicted molar refractivity (Wildman–Crippen MR) is 79.7 cm³/mol. The van der Waals surface area contributed by atoms with Crippen molar-refractivity contribution in [3.63, 3.8) is 0 Å². The van der Waals surface area contributed by atoms with Gasteiger partial charge in [-0.3, -0.25) is 21.0 Å². The van der Waals surface area contributed by atoms with E-state index in [2.05, 4.69) is 21.2 Å². The molecule has 1 aliphatic heterocycles. The third-order valence-corrected chi connectivity index (χ3v) is 3.29. The lowest BCUT2D eigenvalue weighted by atomic mass is 10.1. The maximum absolute atomic E-state index is 11.2. The summed E-state index contributed by atoms with van der Waals surface area (Å²) in [7, 11) is 0. The first-order chi connectivity index (χ1) is 10.2. The van der Waals surface area contributed by atoms with Gasteiger partial charge in [0.1, 0.15) is 5.82 Å². The van der Waals surface area contributed by atoms with Crippen LogP contribution in [-0.4, -0.2) is 29.0 Å². The molecule has 3 rings (SSSR count). The van der Waals surface area contributed by atoms with Crippen molar-refractivity contribution >= 4 is 11.5 Å². The van der Waals surface area contributed by atoms with Crippen LogP contribution in [0.25, 0.3) is 11.3 Å². The van der Waals surface area contributed by atoms with Crippen LogP contribution in [0.3, 0.4) is 0 Å². The molecule has 0 radical (unpaired) electrons. The van der Waals surface area contributed by atoms with Gasteiger partial charge in [0, 0.05) is 24.7 Å². The number of hydrazine groups is 1. The van der Waals surface area contributed by atoms with Crippen molar-refractivity contribution in [2.24, 2.45) is 0 Å². The summed E-state index contributed by atoms with van der Waals surface area (Å²) in [6.07, 6.45) is 0. The van der Waals surface area contributed by atoms with Gasteiger partial charge in [0.25, 0.3) is 5.69 Å². The van der Waals surface area contributed by atoms with Crippen LogP contribution in [-0.2, 0) is 0 Å². The zero-order chi connectivity index (χ0) is 14.7. The minimum atomic E-state index is -0.405. The fourth-order valence-electron chi connectivity index (χ4n) is 2.26. The molecule has 1 saturated heterocycles. The number of rotatable bonds is 4. The Morgan fingerprint density at radius 2 is 1.86 bits per heavy atom. The molecule has 7 nitrogen and oxygen atoms in total. The van der Waals surface area contributed by atoms with Crippen molar-refractivity contribution in [2.45, 2.75) is 6.04 Å². The highest BCUT2D eigenvalue weighted by Gasteiger charge is 2.19. The SMILES string of the molecule is O=[N+]([O-])c1ccc(NC2CNNC2)nc1-c1ccccc1. The standard InChI is InChI=1S/C14H15N5O2/c20-19(21)12-6-7-13(17-11-8-15-16-9-11)18-14(12)10-4-2-1-3-5-10/h1-7,11,15-16H,8-9H2,(H,17,18). The van der Waals surface area contributed by atoms with Gasteiger partial charge in [0.2, 0.25) is 0 Å². The number of nitrogens with one attached hydrogen (secondary N) is 3. The molecule has 1 aromatic heterocycles. The third-order valence-electron chi connectivity index (χ3n) is 3.29. The largest absolute Gasteiger partial charge is 0.365 e. The molecule has 0 bridgehead atoms. The van der Waals surface area contributed by atoms with E-state index in [1.54, 1.807) is 6.07 Å². The summed E-state index contributed by atoms with van der Waals surface area (Å²) < 4.78 is 0. The van der Waals surface area contributed by atoms with Gasteiger partial charge in [-0.05, 0) is 6.07 Å². The second-order valence-electron chi connectivity index (χ2n) is 4.79. The lowest BCUT2D eigenvalue weighted by Gasteiger charge is -2.12. The summed E-state index contributed by atoms with van der Waals surface area (Å²) in [6, 6.07) is 12.5. The van der Waals surface area contributed by atoms with Crippen molar-refractivity contribution in [1.82, 2.24) is 15.8 Å². The quantitative estimate of drug-likeness (QED) is 0.583. The van der Waals surface area contributed by atoms with E-state index in [0.29, 0.717) is 11.5 Å². The van der Waals surface area contributed by atoms with Crippen LogP contribution in [0.5, 0.6) is 0 Å². The fourth-order valence-corrected chi connectivity index (χ4v) is 2.26. The third kappa shape index (κ3) is 2.99. The molecule has 21 heavy (non-hydrogen) atoms. The van der Waals surface area contributed by atoms with Crippen LogP contribution in [0, 0.1) is 10.1 Å². The first-order valence-electron chi connectivity index (χ1n) is 6.67. The highest BCUT2D eigenvalue weighted by atomic mass is 16.6. The number of aromatic nitrogens is 1. The van der Waals surface area contributed by atoms with E-state index in [4.69, 9.17) is 0 Å². The first kappa shape index (κ1) is 13.5. The Morgan fingerprint density at radius 1 is 1.14 bits per heavy atom. The number of hydrogen-bond acceptors (Lipinski definition) is 6. The summed E-state index contributed by atoms with van der Waals surface area (Å²) in [5.74, 6) is 0.634. The molecular weight excluding hydrogens is 270 g/mol. The molecule has 0 saturated carbocycles. The molecule has 3 N–H and O–H groups in total. The molecule has 7 heteroatoms. The maximum atomic E-state index is 11.2. The summed E-state index contributed by atoms with van der Waals surface area (Å²) >= 11 is 0. The van der Waals surface area contributed by atoms with E-state index < -0.39 is 4.92 Å². The van der Waals surface area contributed by atoms with E-state index >= 15 is 0 Å². The van der Waals surface area contributed by atoms with Crippen molar-refractivity contribution in [3.05, 3.63) is 52.6 Å². The molecule has 0 atom stereocenters. The second-order valence-corrected chi connectivity index (χ2v) is 4.79. The average molecular weight is 285 g/mol. The van der Waals surface area contributed by atoms with Gasteiger partial charge in [-0.25, -0.2) is 4.98 Å². The fraction of sp³-hybridized carbons (Fsp3) is 0.214. The van der Waals surface area contributed by atoms with Gasteiger partial charge >= 0.3 is 0 Å². The number of anilines is 1. The second kappa shape index (κ2) is 5.86. The molecule has 1 aromatic carbocycles.